The Balaban J connectivity index is 2.51. The third-order valence-corrected chi connectivity index (χ3v) is 3.06. The standard InChI is InChI=1S/C14H8BrFO3/c15-9-3-6-11(14(18)19)12(7-9)13(17)8-1-4-10(16)5-2-8/h1-7H,(H,18,19). The van der Waals surface area contributed by atoms with E-state index in [0.717, 1.165) is 12.1 Å². The molecule has 0 heterocycles. The molecule has 0 saturated carbocycles. The third-order valence-electron chi connectivity index (χ3n) is 2.56. The first-order valence-corrected chi connectivity index (χ1v) is 6.11. The number of rotatable bonds is 3. The summed E-state index contributed by atoms with van der Waals surface area (Å²) in [6.07, 6.45) is 0. The Morgan fingerprint density at radius 1 is 1.00 bits per heavy atom. The molecule has 19 heavy (non-hydrogen) atoms. The summed E-state index contributed by atoms with van der Waals surface area (Å²) >= 11 is 3.19. The fourth-order valence-corrected chi connectivity index (χ4v) is 2.01. The zero-order chi connectivity index (χ0) is 14.0. The Labute approximate surface area is 116 Å². The second-order valence-corrected chi connectivity index (χ2v) is 4.75. The molecule has 0 atom stereocenters. The molecule has 2 rings (SSSR count). The molecule has 0 aliphatic carbocycles. The SMILES string of the molecule is O=C(O)c1ccc(Br)cc1C(=O)c1ccc(F)cc1. The number of halogens is 2. The summed E-state index contributed by atoms with van der Waals surface area (Å²) in [5.74, 6) is -2.10. The Morgan fingerprint density at radius 3 is 2.21 bits per heavy atom. The molecule has 0 radical (unpaired) electrons. The smallest absolute Gasteiger partial charge is 0.336 e. The molecule has 2 aromatic carbocycles. The van der Waals surface area contributed by atoms with Crippen molar-refractivity contribution >= 4 is 27.7 Å². The van der Waals surface area contributed by atoms with Crippen molar-refractivity contribution in [2.24, 2.45) is 0 Å². The van der Waals surface area contributed by atoms with Crippen LogP contribution in [0.15, 0.2) is 46.9 Å². The lowest BCUT2D eigenvalue weighted by atomic mass is 9.98. The van der Waals surface area contributed by atoms with Gasteiger partial charge in [-0.05, 0) is 42.5 Å². The monoisotopic (exact) mass is 322 g/mol. The van der Waals surface area contributed by atoms with E-state index in [1.807, 2.05) is 0 Å². The van der Waals surface area contributed by atoms with Crippen LogP contribution in [-0.4, -0.2) is 16.9 Å². The van der Waals surface area contributed by atoms with Gasteiger partial charge in [0.2, 0.25) is 0 Å². The van der Waals surface area contributed by atoms with E-state index in [1.54, 1.807) is 6.07 Å². The van der Waals surface area contributed by atoms with E-state index in [2.05, 4.69) is 15.9 Å². The van der Waals surface area contributed by atoms with Crippen LogP contribution >= 0.6 is 15.9 Å². The van der Waals surface area contributed by atoms with Gasteiger partial charge in [0.05, 0.1) is 5.56 Å². The first-order valence-electron chi connectivity index (χ1n) is 5.32. The highest BCUT2D eigenvalue weighted by Gasteiger charge is 2.18. The Bertz CT molecular complexity index is 650. The maximum absolute atomic E-state index is 12.8. The first kappa shape index (κ1) is 13.4. The minimum Gasteiger partial charge on any atom is -0.478 e. The summed E-state index contributed by atoms with van der Waals surface area (Å²) in [5.41, 5.74) is 0.216. The number of carboxylic acid groups (broad SMARTS) is 1. The van der Waals surface area contributed by atoms with E-state index in [9.17, 15) is 14.0 Å². The van der Waals surface area contributed by atoms with Crippen molar-refractivity contribution in [1.82, 2.24) is 0 Å². The third kappa shape index (κ3) is 2.88. The van der Waals surface area contributed by atoms with Crippen molar-refractivity contribution in [2.75, 3.05) is 0 Å². The van der Waals surface area contributed by atoms with Crippen LogP contribution in [0.3, 0.4) is 0 Å². The van der Waals surface area contributed by atoms with Crippen LogP contribution in [0.2, 0.25) is 0 Å². The minimum atomic E-state index is -1.18. The number of benzene rings is 2. The molecule has 5 heteroatoms. The van der Waals surface area contributed by atoms with E-state index in [-0.39, 0.29) is 16.7 Å². The molecule has 0 unspecified atom stereocenters. The number of hydrogen-bond donors (Lipinski definition) is 1. The fourth-order valence-electron chi connectivity index (χ4n) is 1.65. The van der Waals surface area contributed by atoms with Crippen molar-refractivity contribution in [3.8, 4) is 0 Å². The zero-order valence-corrected chi connectivity index (χ0v) is 11.1. The molecular formula is C14H8BrFO3. The molecule has 0 fully saturated rings. The van der Waals surface area contributed by atoms with Gasteiger partial charge in [-0.3, -0.25) is 4.79 Å². The highest BCUT2D eigenvalue weighted by Crippen LogP contribution is 2.20. The number of carbonyl (C=O) groups excluding carboxylic acids is 1. The average Bonchev–Trinajstić information content (AvgIpc) is 2.38. The number of hydrogen-bond acceptors (Lipinski definition) is 2. The number of aromatic carboxylic acids is 1. The van der Waals surface area contributed by atoms with Crippen LogP contribution in [0.4, 0.5) is 4.39 Å². The van der Waals surface area contributed by atoms with Crippen molar-refractivity contribution < 1.29 is 19.1 Å². The van der Waals surface area contributed by atoms with Gasteiger partial charge in [0, 0.05) is 15.6 Å². The summed E-state index contributed by atoms with van der Waals surface area (Å²) in [5, 5.41) is 9.07. The minimum absolute atomic E-state index is 0.0634. The molecular weight excluding hydrogens is 315 g/mol. The van der Waals surface area contributed by atoms with Crippen LogP contribution in [0.1, 0.15) is 26.3 Å². The van der Waals surface area contributed by atoms with Gasteiger partial charge >= 0.3 is 5.97 Å². The van der Waals surface area contributed by atoms with E-state index in [4.69, 9.17) is 5.11 Å². The molecule has 1 N–H and O–H groups in total. The van der Waals surface area contributed by atoms with E-state index in [0.29, 0.717) is 4.47 Å². The van der Waals surface area contributed by atoms with Gasteiger partial charge in [0.1, 0.15) is 5.82 Å². The molecule has 0 bridgehead atoms. The topological polar surface area (TPSA) is 54.4 Å². The molecule has 96 valence electrons. The summed E-state index contributed by atoms with van der Waals surface area (Å²) in [6, 6.07) is 9.30. The van der Waals surface area contributed by atoms with Crippen molar-refractivity contribution in [2.45, 2.75) is 0 Å². The molecule has 0 aliphatic heterocycles. The van der Waals surface area contributed by atoms with Gasteiger partial charge in [-0.1, -0.05) is 15.9 Å². The van der Waals surface area contributed by atoms with E-state index in [1.165, 1.54) is 24.3 Å². The first-order chi connectivity index (χ1) is 8.99. The van der Waals surface area contributed by atoms with Crippen molar-refractivity contribution in [3.63, 3.8) is 0 Å². The largest absolute Gasteiger partial charge is 0.478 e. The Kier molecular flexibility index (Phi) is 3.76. The Morgan fingerprint density at radius 2 is 1.63 bits per heavy atom. The van der Waals surface area contributed by atoms with Gasteiger partial charge in [0.15, 0.2) is 5.78 Å². The maximum atomic E-state index is 12.8. The second kappa shape index (κ2) is 5.32. The average molecular weight is 323 g/mol. The van der Waals surface area contributed by atoms with Crippen molar-refractivity contribution in [1.29, 1.82) is 0 Å². The summed E-state index contributed by atoms with van der Waals surface area (Å²) < 4.78 is 13.4. The second-order valence-electron chi connectivity index (χ2n) is 3.83. The van der Waals surface area contributed by atoms with Gasteiger partial charge in [-0.15, -0.1) is 0 Å². The van der Waals surface area contributed by atoms with Gasteiger partial charge in [-0.25, -0.2) is 9.18 Å². The lowest BCUT2D eigenvalue weighted by Crippen LogP contribution is -2.09. The molecule has 2 aromatic rings. The van der Waals surface area contributed by atoms with Gasteiger partial charge in [0.25, 0.3) is 0 Å². The predicted molar refractivity (Wildman–Crippen MR) is 70.9 cm³/mol. The zero-order valence-electron chi connectivity index (χ0n) is 9.56. The number of carboxylic acids is 1. The highest BCUT2D eigenvalue weighted by atomic mass is 79.9. The molecule has 0 aliphatic rings. The normalized spacial score (nSPS) is 10.2. The van der Waals surface area contributed by atoms with Crippen LogP contribution in [0.5, 0.6) is 0 Å². The van der Waals surface area contributed by atoms with Crippen LogP contribution < -0.4 is 0 Å². The highest BCUT2D eigenvalue weighted by molar-refractivity contribution is 9.10. The quantitative estimate of drug-likeness (QED) is 0.880. The molecule has 0 spiro atoms. The number of ketones is 1. The predicted octanol–water partition coefficient (Wildman–Crippen LogP) is 3.52. The molecule has 0 amide bonds. The lowest BCUT2D eigenvalue weighted by Gasteiger charge is -2.06. The number of carbonyl (C=O) groups is 2. The molecule has 3 nitrogen and oxygen atoms in total. The molecule has 0 saturated heterocycles. The van der Waals surface area contributed by atoms with Crippen LogP contribution in [-0.2, 0) is 0 Å². The summed E-state index contributed by atoms with van der Waals surface area (Å²) in [7, 11) is 0. The van der Waals surface area contributed by atoms with Crippen LogP contribution in [0, 0.1) is 5.82 Å². The summed E-state index contributed by atoms with van der Waals surface area (Å²) in [4.78, 5) is 23.3. The maximum Gasteiger partial charge on any atom is 0.336 e. The Hall–Kier alpha value is -2.01. The van der Waals surface area contributed by atoms with E-state index < -0.39 is 17.6 Å². The lowest BCUT2D eigenvalue weighted by molar-refractivity contribution is 0.0692. The molecule has 0 aromatic heterocycles. The van der Waals surface area contributed by atoms with Crippen LogP contribution in [0.25, 0.3) is 0 Å². The van der Waals surface area contributed by atoms with Gasteiger partial charge in [-0.2, -0.15) is 0 Å². The van der Waals surface area contributed by atoms with E-state index >= 15 is 0 Å². The summed E-state index contributed by atoms with van der Waals surface area (Å²) in [6.45, 7) is 0. The fraction of sp³-hybridized carbons (Fsp3) is 0. The van der Waals surface area contributed by atoms with Crippen molar-refractivity contribution in [3.05, 3.63) is 69.4 Å². The van der Waals surface area contributed by atoms with Gasteiger partial charge < -0.3 is 5.11 Å².